The maximum atomic E-state index is 13.1. The molecule has 0 heterocycles. The highest BCUT2D eigenvalue weighted by atomic mass is 16.5. The monoisotopic (exact) mass is 589 g/mol. The summed E-state index contributed by atoms with van der Waals surface area (Å²) >= 11 is 0. The summed E-state index contributed by atoms with van der Waals surface area (Å²) in [6.07, 6.45) is 28.8. The maximum Gasteiger partial charge on any atom is 0.407 e. The van der Waals surface area contributed by atoms with Crippen LogP contribution in [0, 0.1) is 0 Å². The molecule has 1 aliphatic carbocycles. The molecule has 0 bridgehead atoms. The van der Waals surface area contributed by atoms with Gasteiger partial charge < -0.3 is 10.1 Å². The SMILES string of the molecule is CCCCCCCCCCCCC(CCCCCCCCCCCC)NC(=O)OCC1c2ccccc2-c2ccccc21. The lowest BCUT2D eigenvalue weighted by molar-refractivity contribution is 0.137. The number of ether oxygens (including phenoxy) is 1. The first-order chi connectivity index (χ1) is 21.2. The molecule has 3 rings (SSSR count). The van der Waals surface area contributed by atoms with Gasteiger partial charge in [-0.1, -0.05) is 191 Å². The van der Waals surface area contributed by atoms with E-state index in [1.165, 1.54) is 151 Å². The zero-order valence-electron chi connectivity index (χ0n) is 27.9. The number of unbranched alkanes of at least 4 members (excludes halogenated alkanes) is 18. The summed E-state index contributed by atoms with van der Waals surface area (Å²) in [7, 11) is 0. The second-order valence-electron chi connectivity index (χ2n) is 13.1. The van der Waals surface area contributed by atoms with Crippen molar-refractivity contribution in [3.05, 3.63) is 59.7 Å². The van der Waals surface area contributed by atoms with Crippen LogP contribution in [-0.4, -0.2) is 18.7 Å². The van der Waals surface area contributed by atoms with Crippen molar-refractivity contribution in [2.75, 3.05) is 6.61 Å². The normalized spacial score (nSPS) is 12.4. The van der Waals surface area contributed by atoms with Crippen molar-refractivity contribution < 1.29 is 9.53 Å². The van der Waals surface area contributed by atoms with E-state index in [2.05, 4.69) is 67.7 Å². The molecule has 43 heavy (non-hydrogen) atoms. The molecule has 2 aromatic rings. The van der Waals surface area contributed by atoms with E-state index in [-0.39, 0.29) is 18.1 Å². The first-order valence-electron chi connectivity index (χ1n) is 18.4. The van der Waals surface area contributed by atoms with Gasteiger partial charge >= 0.3 is 6.09 Å². The molecule has 0 radical (unpaired) electrons. The van der Waals surface area contributed by atoms with Gasteiger partial charge in [0, 0.05) is 12.0 Å². The minimum atomic E-state index is -0.244. The van der Waals surface area contributed by atoms with Crippen molar-refractivity contribution in [1.29, 1.82) is 0 Å². The largest absolute Gasteiger partial charge is 0.449 e. The summed E-state index contributed by atoms with van der Waals surface area (Å²) in [6.45, 7) is 4.96. The number of fused-ring (bicyclic) bond motifs is 3. The van der Waals surface area contributed by atoms with Crippen LogP contribution >= 0.6 is 0 Å². The number of alkyl carbamates (subject to hydrolysis) is 1. The van der Waals surface area contributed by atoms with Gasteiger partial charge in [-0.25, -0.2) is 4.79 Å². The van der Waals surface area contributed by atoms with E-state index in [0.29, 0.717) is 6.61 Å². The van der Waals surface area contributed by atoms with Crippen LogP contribution in [0.5, 0.6) is 0 Å². The molecule has 0 fully saturated rings. The summed E-state index contributed by atoms with van der Waals surface area (Å²) in [5.41, 5.74) is 5.08. The van der Waals surface area contributed by atoms with Crippen LogP contribution in [0.3, 0.4) is 0 Å². The predicted octanol–water partition coefficient (Wildman–Crippen LogP) is 12.5. The maximum absolute atomic E-state index is 13.1. The van der Waals surface area contributed by atoms with Gasteiger partial charge in [-0.2, -0.15) is 0 Å². The van der Waals surface area contributed by atoms with E-state index in [4.69, 9.17) is 4.74 Å². The van der Waals surface area contributed by atoms with E-state index in [1.54, 1.807) is 0 Å². The first-order valence-corrected chi connectivity index (χ1v) is 18.4. The van der Waals surface area contributed by atoms with Crippen LogP contribution in [0.2, 0.25) is 0 Å². The molecule has 1 N–H and O–H groups in total. The molecule has 1 aliphatic rings. The molecule has 2 aromatic carbocycles. The molecule has 0 saturated carbocycles. The van der Waals surface area contributed by atoms with Crippen molar-refractivity contribution >= 4 is 6.09 Å². The number of hydrogen-bond donors (Lipinski definition) is 1. The van der Waals surface area contributed by atoms with E-state index < -0.39 is 0 Å². The fraction of sp³-hybridized carbons (Fsp3) is 0.675. The lowest BCUT2D eigenvalue weighted by Crippen LogP contribution is -2.36. The Balaban J connectivity index is 1.39. The molecular weight excluding hydrogens is 526 g/mol. The Bertz CT molecular complexity index is 932. The van der Waals surface area contributed by atoms with E-state index >= 15 is 0 Å². The quantitative estimate of drug-likeness (QED) is 0.117. The third-order valence-electron chi connectivity index (χ3n) is 9.48. The average molecular weight is 590 g/mol. The van der Waals surface area contributed by atoms with Crippen LogP contribution in [0.1, 0.15) is 172 Å². The molecule has 1 amide bonds. The lowest BCUT2D eigenvalue weighted by Gasteiger charge is -2.20. The smallest absolute Gasteiger partial charge is 0.407 e. The standard InChI is InChI=1S/C40H63NO2/c1-3-5-7-9-11-13-15-17-19-21-27-34(28-22-20-18-16-14-12-10-8-6-4-2)41-40(42)43-33-39-37-31-25-23-29-35(37)36-30-24-26-32-38(36)39/h23-26,29-32,34,39H,3-22,27-28,33H2,1-2H3,(H,41,42). The van der Waals surface area contributed by atoms with Gasteiger partial charge in [0.2, 0.25) is 0 Å². The Morgan fingerprint density at radius 3 is 1.37 bits per heavy atom. The fourth-order valence-electron chi connectivity index (χ4n) is 6.85. The molecule has 3 nitrogen and oxygen atoms in total. The number of rotatable bonds is 25. The highest BCUT2D eigenvalue weighted by Gasteiger charge is 2.29. The molecule has 0 aromatic heterocycles. The minimum Gasteiger partial charge on any atom is -0.449 e. The third kappa shape index (κ3) is 13.5. The second-order valence-corrected chi connectivity index (χ2v) is 13.1. The summed E-state index contributed by atoms with van der Waals surface area (Å²) in [5.74, 6) is 0.112. The highest BCUT2D eigenvalue weighted by Crippen LogP contribution is 2.44. The van der Waals surface area contributed by atoms with Gasteiger partial charge in [0.1, 0.15) is 6.61 Å². The topological polar surface area (TPSA) is 38.3 Å². The van der Waals surface area contributed by atoms with E-state index in [1.807, 2.05) is 0 Å². The van der Waals surface area contributed by atoms with Gasteiger partial charge in [-0.15, -0.1) is 0 Å². The van der Waals surface area contributed by atoms with E-state index in [0.717, 1.165) is 12.8 Å². The molecule has 0 aliphatic heterocycles. The van der Waals surface area contributed by atoms with Crippen LogP contribution in [0.15, 0.2) is 48.5 Å². The fourth-order valence-corrected chi connectivity index (χ4v) is 6.85. The predicted molar refractivity (Wildman–Crippen MR) is 185 cm³/mol. The summed E-state index contributed by atoms with van der Waals surface area (Å²) in [5, 5.41) is 3.29. The molecule has 0 atom stereocenters. The number of benzene rings is 2. The summed E-state index contributed by atoms with van der Waals surface area (Å²) < 4.78 is 5.92. The second kappa shape index (κ2) is 22.3. The van der Waals surface area contributed by atoms with Crippen molar-refractivity contribution in [3.63, 3.8) is 0 Å². The van der Waals surface area contributed by atoms with Crippen LogP contribution in [0.25, 0.3) is 11.1 Å². The highest BCUT2D eigenvalue weighted by molar-refractivity contribution is 5.79. The third-order valence-corrected chi connectivity index (χ3v) is 9.48. The first kappa shape index (κ1) is 35.2. The average Bonchev–Trinajstić information content (AvgIpc) is 3.35. The van der Waals surface area contributed by atoms with Gasteiger partial charge in [-0.05, 0) is 35.1 Å². The summed E-state index contributed by atoms with van der Waals surface area (Å²) in [4.78, 5) is 13.1. The van der Waals surface area contributed by atoms with Gasteiger partial charge in [-0.3, -0.25) is 0 Å². The van der Waals surface area contributed by atoms with Gasteiger partial charge in [0.25, 0.3) is 0 Å². The molecule has 0 unspecified atom stereocenters. The van der Waals surface area contributed by atoms with E-state index in [9.17, 15) is 4.79 Å². The Labute approximate surface area is 265 Å². The number of carbonyl (C=O) groups is 1. The Morgan fingerprint density at radius 1 is 0.581 bits per heavy atom. The van der Waals surface area contributed by atoms with Gasteiger partial charge in [0.15, 0.2) is 0 Å². The number of amides is 1. The molecule has 3 heteroatoms. The molecule has 0 spiro atoms. The summed E-state index contributed by atoms with van der Waals surface area (Å²) in [6, 6.07) is 17.3. The minimum absolute atomic E-state index is 0.112. The van der Waals surface area contributed by atoms with Crippen LogP contribution < -0.4 is 5.32 Å². The number of carbonyl (C=O) groups excluding carboxylic acids is 1. The van der Waals surface area contributed by atoms with Crippen LogP contribution in [-0.2, 0) is 4.74 Å². The molecular formula is C40H63NO2. The Morgan fingerprint density at radius 2 is 0.953 bits per heavy atom. The zero-order chi connectivity index (χ0) is 30.4. The van der Waals surface area contributed by atoms with Crippen molar-refractivity contribution in [1.82, 2.24) is 5.32 Å². The zero-order valence-corrected chi connectivity index (χ0v) is 27.9. The van der Waals surface area contributed by atoms with Crippen LogP contribution in [0.4, 0.5) is 4.79 Å². The van der Waals surface area contributed by atoms with Crippen molar-refractivity contribution in [2.45, 2.75) is 167 Å². The molecule has 240 valence electrons. The van der Waals surface area contributed by atoms with Crippen molar-refractivity contribution in [2.24, 2.45) is 0 Å². The van der Waals surface area contributed by atoms with Gasteiger partial charge in [0.05, 0.1) is 0 Å². The Hall–Kier alpha value is -2.29. The molecule has 0 saturated heterocycles. The Kier molecular flexibility index (Phi) is 18.2. The lowest BCUT2D eigenvalue weighted by atomic mass is 9.98. The number of nitrogens with one attached hydrogen (secondary N) is 1. The van der Waals surface area contributed by atoms with Crippen molar-refractivity contribution in [3.8, 4) is 11.1 Å². The number of hydrogen-bond acceptors (Lipinski definition) is 2.